The molecule has 5 rings (SSSR count). The van der Waals surface area contributed by atoms with Crippen LogP contribution in [0.1, 0.15) is 56.4 Å². The molecule has 1 saturated heterocycles. The second-order valence-corrected chi connectivity index (χ2v) is 12.4. The summed E-state index contributed by atoms with van der Waals surface area (Å²) in [5.74, 6) is 0.783. The average molecular weight is 558 g/mol. The Labute approximate surface area is 241 Å². The number of benzene rings is 2. The number of para-hydroxylation sites is 1. The number of carboxylic acid groups (broad SMARTS) is 1. The molecule has 0 spiro atoms. The lowest BCUT2D eigenvalue weighted by Gasteiger charge is -2.31. The highest BCUT2D eigenvalue weighted by Crippen LogP contribution is 2.36. The van der Waals surface area contributed by atoms with Crippen LogP contribution in [0.2, 0.25) is 0 Å². The number of carbonyl (C=O) groups is 2. The topological polar surface area (TPSA) is 92.2 Å². The predicted octanol–water partition coefficient (Wildman–Crippen LogP) is 6.23. The van der Waals surface area contributed by atoms with Gasteiger partial charge < -0.3 is 24.4 Å². The first-order valence-corrected chi connectivity index (χ1v) is 14.2. The number of amides is 1. The van der Waals surface area contributed by atoms with Crippen molar-refractivity contribution < 1.29 is 24.2 Å². The van der Waals surface area contributed by atoms with Gasteiger partial charge in [-0.3, -0.25) is 4.79 Å². The molecule has 0 bridgehead atoms. The summed E-state index contributed by atoms with van der Waals surface area (Å²) in [6.45, 7) is 12.1. The smallest absolute Gasteiger partial charge is 0.410 e. The van der Waals surface area contributed by atoms with E-state index in [9.17, 15) is 14.7 Å². The van der Waals surface area contributed by atoms with Gasteiger partial charge >= 0.3 is 12.1 Å². The van der Waals surface area contributed by atoms with Gasteiger partial charge in [0.25, 0.3) is 0 Å². The van der Waals surface area contributed by atoms with Crippen molar-refractivity contribution in [3.8, 4) is 17.0 Å². The first kappa shape index (κ1) is 28.5. The van der Waals surface area contributed by atoms with Crippen molar-refractivity contribution in [3.63, 3.8) is 0 Å². The highest BCUT2D eigenvalue weighted by Gasteiger charge is 2.41. The molecular formula is C33H39N3O5. The Morgan fingerprint density at radius 3 is 2.56 bits per heavy atom. The molecule has 3 heterocycles. The van der Waals surface area contributed by atoms with Crippen LogP contribution in [0, 0.1) is 12.3 Å². The Balaban J connectivity index is 1.30. The van der Waals surface area contributed by atoms with Gasteiger partial charge in [0, 0.05) is 31.7 Å². The monoisotopic (exact) mass is 557 g/mol. The van der Waals surface area contributed by atoms with Crippen LogP contribution in [0.15, 0.2) is 54.6 Å². The van der Waals surface area contributed by atoms with Crippen molar-refractivity contribution >= 4 is 17.9 Å². The number of ether oxygens (including phenoxy) is 2. The second-order valence-electron chi connectivity index (χ2n) is 12.4. The molecule has 1 atom stereocenters. The summed E-state index contributed by atoms with van der Waals surface area (Å²) in [4.78, 5) is 33.0. The van der Waals surface area contributed by atoms with Crippen LogP contribution in [-0.4, -0.2) is 52.3 Å². The number of aryl methyl sites for hydroxylation is 1. The second kappa shape index (κ2) is 11.1. The number of carbonyl (C=O) groups excluding carboxylic acids is 1. The standard InChI is InChI=1S/C33H39N3O5/c1-22-8-6-9-26(27-10-7-11-28(34-27)36-17-15-33(5,21-36)30(37)38)29(22)40-20-23-12-13-25-19-35(16-14-24(25)18-23)31(39)41-32(2,3)4/h6-13,18H,14-17,19-21H2,1-5H3,(H,37,38)/t33-/m1/s1. The van der Waals surface area contributed by atoms with Gasteiger partial charge in [-0.15, -0.1) is 0 Å². The quantitative estimate of drug-likeness (QED) is 0.384. The van der Waals surface area contributed by atoms with Crippen molar-refractivity contribution in [2.45, 2.75) is 66.2 Å². The maximum absolute atomic E-state index is 12.5. The molecule has 0 radical (unpaired) electrons. The summed E-state index contributed by atoms with van der Waals surface area (Å²) >= 11 is 0. The number of aliphatic carboxylic acids is 1. The normalized spacial score (nSPS) is 18.7. The summed E-state index contributed by atoms with van der Waals surface area (Å²) in [6, 6.07) is 18.2. The zero-order valence-corrected chi connectivity index (χ0v) is 24.6. The molecule has 41 heavy (non-hydrogen) atoms. The highest BCUT2D eigenvalue weighted by molar-refractivity contribution is 5.76. The molecule has 1 amide bonds. The van der Waals surface area contributed by atoms with Crippen molar-refractivity contribution in [2.75, 3.05) is 24.5 Å². The van der Waals surface area contributed by atoms with E-state index in [-0.39, 0.29) is 6.09 Å². The van der Waals surface area contributed by atoms with Gasteiger partial charge in [0.15, 0.2) is 0 Å². The molecule has 0 saturated carbocycles. The number of nitrogens with zero attached hydrogens (tertiary/aromatic N) is 3. The molecule has 8 heteroatoms. The van der Waals surface area contributed by atoms with Crippen molar-refractivity contribution in [2.24, 2.45) is 5.41 Å². The molecule has 1 fully saturated rings. The fraction of sp³-hybridized carbons (Fsp3) is 0.424. The Kier molecular flexibility index (Phi) is 7.68. The third kappa shape index (κ3) is 6.32. The molecule has 3 aromatic rings. The zero-order chi connectivity index (χ0) is 29.4. The molecule has 0 unspecified atom stereocenters. The lowest BCUT2D eigenvalue weighted by Crippen LogP contribution is -2.39. The number of fused-ring (bicyclic) bond motifs is 1. The molecule has 2 aromatic carbocycles. The molecule has 0 aliphatic carbocycles. The number of hydrogen-bond acceptors (Lipinski definition) is 6. The number of rotatable bonds is 6. The first-order chi connectivity index (χ1) is 19.4. The van der Waals surface area contributed by atoms with Crippen molar-refractivity contribution in [1.82, 2.24) is 9.88 Å². The summed E-state index contributed by atoms with van der Waals surface area (Å²) in [5.41, 5.74) is 4.85. The summed E-state index contributed by atoms with van der Waals surface area (Å²) in [6.07, 6.45) is 1.08. The maximum atomic E-state index is 12.5. The van der Waals surface area contributed by atoms with Gasteiger partial charge in [0.2, 0.25) is 0 Å². The van der Waals surface area contributed by atoms with E-state index in [0.29, 0.717) is 39.2 Å². The molecular weight excluding hydrogens is 518 g/mol. The number of pyridine rings is 1. The molecule has 2 aliphatic heterocycles. The first-order valence-electron chi connectivity index (χ1n) is 14.2. The van der Waals surface area contributed by atoms with Crippen LogP contribution in [0.5, 0.6) is 5.75 Å². The van der Waals surface area contributed by atoms with Crippen LogP contribution in [0.3, 0.4) is 0 Å². The summed E-state index contributed by atoms with van der Waals surface area (Å²) in [5, 5.41) is 9.64. The van der Waals surface area contributed by atoms with Crippen LogP contribution in [-0.2, 0) is 29.1 Å². The van der Waals surface area contributed by atoms with E-state index in [1.165, 1.54) is 5.56 Å². The van der Waals surface area contributed by atoms with Gasteiger partial charge in [-0.25, -0.2) is 9.78 Å². The van der Waals surface area contributed by atoms with E-state index in [1.54, 1.807) is 11.8 Å². The lowest BCUT2D eigenvalue weighted by molar-refractivity contribution is -0.146. The highest BCUT2D eigenvalue weighted by atomic mass is 16.6. The fourth-order valence-corrected chi connectivity index (χ4v) is 5.46. The number of hydrogen-bond donors (Lipinski definition) is 1. The van der Waals surface area contributed by atoms with E-state index in [1.807, 2.05) is 69.0 Å². The average Bonchev–Trinajstić information content (AvgIpc) is 3.34. The molecule has 1 N–H and O–H groups in total. The van der Waals surface area contributed by atoms with Gasteiger partial charge in [-0.2, -0.15) is 0 Å². The van der Waals surface area contributed by atoms with E-state index in [0.717, 1.165) is 45.9 Å². The molecule has 216 valence electrons. The Morgan fingerprint density at radius 1 is 1.05 bits per heavy atom. The largest absolute Gasteiger partial charge is 0.488 e. The Bertz CT molecular complexity index is 1460. The fourth-order valence-electron chi connectivity index (χ4n) is 5.46. The van der Waals surface area contributed by atoms with Crippen LogP contribution >= 0.6 is 0 Å². The van der Waals surface area contributed by atoms with Gasteiger partial charge in [0.1, 0.15) is 23.8 Å². The summed E-state index contributed by atoms with van der Waals surface area (Å²) in [7, 11) is 0. The Morgan fingerprint density at radius 2 is 1.83 bits per heavy atom. The van der Waals surface area contributed by atoms with Crippen molar-refractivity contribution in [3.05, 3.63) is 76.9 Å². The van der Waals surface area contributed by atoms with Crippen LogP contribution in [0.4, 0.5) is 10.6 Å². The third-order valence-electron chi connectivity index (χ3n) is 7.85. The minimum Gasteiger partial charge on any atom is -0.488 e. The SMILES string of the molecule is Cc1cccc(-c2cccc(N3CC[C@@](C)(C(=O)O)C3)n2)c1OCc1ccc2c(c1)CCN(C(=O)OC(C)(C)C)C2. The van der Waals surface area contributed by atoms with E-state index >= 15 is 0 Å². The number of carboxylic acids is 1. The molecule has 2 aliphatic rings. The minimum atomic E-state index is -0.770. The van der Waals surface area contributed by atoms with E-state index < -0.39 is 17.0 Å². The number of aromatic nitrogens is 1. The third-order valence-corrected chi connectivity index (χ3v) is 7.85. The van der Waals surface area contributed by atoms with E-state index in [4.69, 9.17) is 14.5 Å². The number of anilines is 1. The van der Waals surface area contributed by atoms with E-state index in [2.05, 4.69) is 18.2 Å². The van der Waals surface area contributed by atoms with Gasteiger partial charge in [-0.1, -0.05) is 36.4 Å². The van der Waals surface area contributed by atoms with Gasteiger partial charge in [0.05, 0.1) is 11.1 Å². The maximum Gasteiger partial charge on any atom is 0.410 e. The Hall–Kier alpha value is -4.07. The van der Waals surface area contributed by atoms with Crippen molar-refractivity contribution in [1.29, 1.82) is 0 Å². The predicted molar refractivity (Wildman–Crippen MR) is 158 cm³/mol. The lowest BCUT2D eigenvalue weighted by atomic mass is 9.90. The minimum absolute atomic E-state index is 0.277. The molecule has 1 aromatic heterocycles. The zero-order valence-electron chi connectivity index (χ0n) is 24.6. The van der Waals surface area contributed by atoms with Crippen LogP contribution < -0.4 is 9.64 Å². The van der Waals surface area contributed by atoms with Crippen LogP contribution in [0.25, 0.3) is 11.3 Å². The summed E-state index contributed by atoms with van der Waals surface area (Å²) < 4.78 is 12.0. The van der Waals surface area contributed by atoms with Gasteiger partial charge in [-0.05, 0) is 87.9 Å². The molecule has 8 nitrogen and oxygen atoms in total.